The van der Waals surface area contributed by atoms with Gasteiger partial charge in [-0.05, 0) is 25.5 Å². The Labute approximate surface area is 88.1 Å². The van der Waals surface area contributed by atoms with Crippen LogP contribution in [0.15, 0.2) is 35.0 Å². The smallest absolute Gasteiger partial charge is 0.312 e. The van der Waals surface area contributed by atoms with Crippen molar-refractivity contribution in [2.75, 3.05) is 0 Å². The predicted molar refractivity (Wildman–Crippen MR) is 58.4 cm³/mol. The van der Waals surface area contributed by atoms with Crippen molar-refractivity contribution in [3.63, 3.8) is 0 Å². The van der Waals surface area contributed by atoms with Gasteiger partial charge in [0.15, 0.2) is 0 Å². The van der Waals surface area contributed by atoms with Crippen LogP contribution in [-0.2, 0) is 9.63 Å². The number of rotatable bonds is 1. The highest BCUT2D eigenvalue weighted by Crippen LogP contribution is 2.15. The first-order chi connectivity index (χ1) is 7.16. The third-order valence-corrected chi connectivity index (χ3v) is 2.26. The summed E-state index contributed by atoms with van der Waals surface area (Å²) < 4.78 is 0. The molecule has 3 heteroatoms. The van der Waals surface area contributed by atoms with Gasteiger partial charge in [0.25, 0.3) is 0 Å². The number of carbonyl (C=O) groups is 1. The Bertz CT molecular complexity index is 455. The van der Waals surface area contributed by atoms with Crippen molar-refractivity contribution in [1.29, 1.82) is 0 Å². The average Bonchev–Trinajstić information content (AvgIpc) is 2.53. The fourth-order valence-corrected chi connectivity index (χ4v) is 1.35. The molecule has 1 aromatic carbocycles. The Morgan fingerprint density at radius 3 is 2.40 bits per heavy atom. The first-order valence-corrected chi connectivity index (χ1v) is 4.71. The lowest BCUT2D eigenvalue weighted by molar-refractivity contribution is -0.136. The summed E-state index contributed by atoms with van der Waals surface area (Å²) in [4.78, 5) is 15.8. The lowest BCUT2D eigenvalue weighted by Crippen LogP contribution is -2.01. The SMILES string of the molecule is CC1=NOC(=O)/C1=C\c1ccc(C)cc1. The summed E-state index contributed by atoms with van der Waals surface area (Å²) in [5, 5.41) is 3.61. The molecule has 15 heavy (non-hydrogen) atoms. The number of oxime groups is 1. The van der Waals surface area contributed by atoms with Gasteiger partial charge in [-0.2, -0.15) is 0 Å². The standard InChI is InChI=1S/C12H11NO2/c1-8-3-5-10(6-4-8)7-11-9(2)13-15-12(11)14/h3-7H,1-2H3/b11-7-. The predicted octanol–water partition coefficient (Wildman–Crippen LogP) is 2.31. The van der Waals surface area contributed by atoms with Gasteiger partial charge in [0.2, 0.25) is 0 Å². The number of benzene rings is 1. The Morgan fingerprint density at radius 2 is 1.87 bits per heavy atom. The van der Waals surface area contributed by atoms with E-state index in [2.05, 4.69) is 9.99 Å². The van der Waals surface area contributed by atoms with Crippen molar-refractivity contribution in [1.82, 2.24) is 0 Å². The number of carbonyl (C=O) groups excluding carboxylic acids is 1. The van der Waals surface area contributed by atoms with Crippen LogP contribution in [0.1, 0.15) is 18.1 Å². The van der Waals surface area contributed by atoms with Crippen LogP contribution in [0, 0.1) is 6.92 Å². The Kier molecular flexibility index (Phi) is 2.37. The number of aryl methyl sites for hydroxylation is 1. The molecule has 2 rings (SSSR count). The summed E-state index contributed by atoms with van der Waals surface area (Å²) in [5.41, 5.74) is 3.32. The van der Waals surface area contributed by atoms with Crippen LogP contribution in [0.2, 0.25) is 0 Å². The van der Waals surface area contributed by atoms with E-state index in [1.165, 1.54) is 5.56 Å². The topological polar surface area (TPSA) is 38.7 Å². The highest BCUT2D eigenvalue weighted by atomic mass is 16.7. The third kappa shape index (κ3) is 1.96. The second kappa shape index (κ2) is 3.69. The molecule has 3 nitrogen and oxygen atoms in total. The van der Waals surface area contributed by atoms with Crippen molar-refractivity contribution < 1.29 is 9.63 Å². The minimum Gasteiger partial charge on any atom is -0.312 e. The van der Waals surface area contributed by atoms with Crippen LogP contribution in [0.5, 0.6) is 0 Å². The first kappa shape index (κ1) is 9.65. The molecule has 0 amide bonds. The molecule has 0 N–H and O–H groups in total. The molecule has 0 aliphatic carbocycles. The fourth-order valence-electron chi connectivity index (χ4n) is 1.35. The van der Waals surface area contributed by atoms with E-state index in [4.69, 9.17) is 0 Å². The van der Waals surface area contributed by atoms with Gasteiger partial charge in [-0.15, -0.1) is 0 Å². The summed E-state index contributed by atoms with van der Waals surface area (Å²) in [7, 11) is 0. The second-order valence-electron chi connectivity index (χ2n) is 3.52. The zero-order valence-electron chi connectivity index (χ0n) is 8.65. The molecule has 0 saturated heterocycles. The molecule has 76 valence electrons. The lowest BCUT2D eigenvalue weighted by Gasteiger charge is -1.96. The maximum Gasteiger partial charge on any atom is 0.367 e. The summed E-state index contributed by atoms with van der Waals surface area (Å²) in [5.74, 6) is -0.381. The van der Waals surface area contributed by atoms with Gasteiger partial charge in [0.1, 0.15) is 0 Å². The van der Waals surface area contributed by atoms with E-state index in [-0.39, 0.29) is 5.97 Å². The van der Waals surface area contributed by atoms with E-state index in [0.29, 0.717) is 11.3 Å². The zero-order valence-corrected chi connectivity index (χ0v) is 8.65. The van der Waals surface area contributed by atoms with Gasteiger partial charge >= 0.3 is 5.97 Å². The molecular weight excluding hydrogens is 190 g/mol. The van der Waals surface area contributed by atoms with Crippen molar-refractivity contribution in [3.05, 3.63) is 41.0 Å². The lowest BCUT2D eigenvalue weighted by atomic mass is 10.1. The molecule has 1 aliphatic rings. The highest BCUT2D eigenvalue weighted by Gasteiger charge is 2.21. The summed E-state index contributed by atoms with van der Waals surface area (Å²) in [6.07, 6.45) is 1.79. The molecule has 0 bridgehead atoms. The molecule has 0 aromatic heterocycles. The summed E-state index contributed by atoms with van der Waals surface area (Å²) in [6.45, 7) is 3.78. The third-order valence-electron chi connectivity index (χ3n) is 2.26. The van der Waals surface area contributed by atoms with E-state index >= 15 is 0 Å². The molecule has 1 heterocycles. The normalized spacial score (nSPS) is 17.9. The monoisotopic (exact) mass is 201 g/mol. The minimum atomic E-state index is -0.381. The molecule has 0 atom stereocenters. The highest BCUT2D eigenvalue weighted by molar-refractivity contribution is 6.24. The molecule has 0 fully saturated rings. The Balaban J connectivity index is 2.34. The molecule has 0 unspecified atom stereocenters. The van der Waals surface area contributed by atoms with Gasteiger partial charge in [0.05, 0.1) is 11.3 Å². The number of hydrogen-bond donors (Lipinski definition) is 0. The van der Waals surface area contributed by atoms with Crippen LogP contribution in [-0.4, -0.2) is 11.7 Å². The average molecular weight is 201 g/mol. The van der Waals surface area contributed by atoms with E-state index in [1.807, 2.05) is 31.2 Å². The quantitative estimate of drug-likeness (QED) is 0.516. The van der Waals surface area contributed by atoms with Crippen LogP contribution < -0.4 is 0 Å². The number of hydrogen-bond acceptors (Lipinski definition) is 3. The molecule has 1 aromatic rings. The van der Waals surface area contributed by atoms with Crippen molar-refractivity contribution in [2.24, 2.45) is 5.16 Å². The van der Waals surface area contributed by atoms with E-state index in [0.717, 1.165) is 5.56 Å². The molecule has 0 saturated carbocycles. The maximum absolute atomic E-state index is 11.3. The van der Waals surface area contributed by atoms with Gasteiger partial charge < -0.3 is 4.84 Å². The van der Waals surface area contributed by atoms with Crippen LogP contribution >= 0.6 is 0 Å². The molecule has 1 aliphatic heterocycles. The van der Waals surface area contributed by atoms with Gasteiger partial charge in [-0.1, -0.05) is 35.0 Å². The van der Waals surface area contributed by atoms with E-state index in [1.54, 1.807) is 13.0 Å². The molecular formula is C12H11NO2. The van der Waals surface area contributed by atoms with Crippen LogP contribution in [0.4, 0.5) is 0 Å². The summed E-state index contributed by atoms with van der Waals surface area (Å²) >= 11 is 0. The number of nitrogens with zero attached hydrogens (tertiary/aromatic N) is 1. The minimum absolute atomic E-state index is 0.381. The first-order valence-electron chi connectivity index (χ1n) is 4.71. The van der Waals surface area contributed by atoms with Crippen LogP contribution in [0.3, 0.4) is 0 Å². The van der Waals surface area contributed by atoms with Gasteiger partial charge in [-0.3, -0.25) is 0 Å². The second-order valence-corrected chi connectivity index (χ2v) is 3.52. The summed E-state index contributed by atoms with van der Waals surface area (Å²) in [6, 6.07) is 7.92. The largest absolute Gasteiger partial charge is 0.367 e. The maximum atomic E-state index is 11.3. The van der Waals surface area contributed by atoms with E-state index in [9.17, 15) is 4.79 Å². The van der Waals surface area contributed by atoms with Crippen molar-refractivity contribution in [3.8, 4) is 0 Å². The molecule has 0 spiro atoms. The fraction of sp³-hybridized carbons (Fsp3) is 0.167. The van der Waals surface area contributed by atoms with Crippen molar-refractivity contribution in [2.45, 2.75) is 13.8 Å². The van der Waals surface area contributed by atoms with Crippen molar-refractivity contribution >= 4 is 17.8 Å². The Hall–Kier alpha value is -1.90. The zero-order chi connectivity index (χ0) is 10.8. The van der Waals surface area contributed by atoms with Gasteiger partial charge in [0, 0.05) is 0 Å². The van der Waals surface area contributed by atoms with Gasteiger partial charge in [-0.25, -0.2) is 4.79 Å². The van der Waals surface area contributed by atoms with Crippen LogP contribution in [0.25, 0.3) is 6.08 Å². The van der Waals surface area contributed by atoms with E-state index < -0.39 is 0 Å². The molecule has 0 radical (unpaired) electrons. The Morgan fingerprint density at radius 1 is 1.20 bits per heavy atom.